The molecule has 4 unspecified atom stereocenters. The van der Waals surface area contributed by atoms with Crippen molar-refractivity contribution in [3.8, 4) is 0 Å². The molecular formula is C24H38NO3P. The van der Waals surface area contributed by atoms with Gasteiger partial charge in [0.05, 0.1) is 5.31 Å². The Labute approximate surface area is 176 Å². The van der Waals surface area contributed by atoms with Gasteiger partial charge in [-0.15, -0.1) is 0 Å². The van der Waals surface area contributed by atoms with Crippen LogP contribution >= 0.6 is 8.03 Å². The van der Waals surface area contributed by atoms with E-state index >= 15 is 0 Å². The van der Waals surface area contributed by atoms with Gasteiger partial charge in [-0.3, -0.25) is 9.36 Å². The van der Waals surface area contributed by atoms with Crippen LogP contribution in [0.4, 0.5) is 0 Å². The number of carbonyl (C=O) groups excluding carboxylic acids is 1. The minimum Gasteiger partial charge on any atom is -0.343 e. The van der Waals surface area contributed by atoms with Gasteiger partial charge in [0.2, 0.25) is 13.9 Å². The van der Waals surface area contributed by atoms with E-state index in [1.165, 1.54) is 38.5 Å². The third kappa shape index (κ3) is 3.49. The smallest absolute Gasteiger partial charge is 0.229 e. The molecular weight excluding hydrogens is 381 g/mol. The third-order valence-electron chi connectivity index (χ3n) is 8.90. The minimum absolute atomic E-state index is 0.0475. The number of hydrogen-bond acceptors (Lipinski definition) is 2. The lowest BCUT2D eigenvalue weighted by Gasteiger charge is -2.58. The van der Waals surface area contributed by atoms with Gasteiger partial charge < -0.3 is 10.2 Å². The first kappa shape index (κ1) is 21.4. The van der Waals surface area contributed by atoms with E-state index in [-0.39, 0.29) is 11.3 Å². The highest BCUT2D eigenvalue weighted by atomic mass is 31.1. The first-order valence-electron chi connectivity index (χ1n) is 11.5. The molecule has 5 heteroatoms. The van der Waals surface area contributed by atoms with Gasteiger partial charge in [0, 0.05) is 11.1 Å². The van der Waals surface area contributed by atoms with Crippen LogP contribution in [0.5, 0.6) is 0 Å². The molecule has 4 nitrogen and oxygen atoms in total. The number of hydrogen-bond donors (Lipinski definition) is 2. The maximum Gasteiger partial charge on any atom is 0.229 e. The van der Waals surface area contributed by atoms with E-state index in [2.05, 4.69) is 25.2 Å². The van der Waals surface area contributed by atoms with Crippen LogP contribution in [-0.4, -0.2) is 10.8 Å². The lowest BCUT2D eigenvalue weighted by Crippen LogP contribution is -2.51. The van der Waals surface area contributed by atoms with Crippen molar-refractivity contribution in [3.63, 3.8) is 0 Å². The fourth-order valence-corrected chi connectivity index (χ4v) is 7.88. The molecule has 0 saturated heterocycles. The molecule has 2 N–H and O–H groups in total. The summed E-state index contributed by atoms with van der Waals surface area (Å²) >= 11 is 0. The molecule has 1 amide bonds. The number of fused-ring (bicyclic) bond motifs is 5. The molecule has 7 atom stereocenters. The van der Waals surface area contributed by atoms with Crippen molar-refractivity contribution in [1.29, 1.82) is 0 Å². The molecule has 4 aliphatic rings. The van der Waals surface area contributed by atoms with Crippen molar-refractivity contribution >= 4 is 13.9 Å². The molecule has 0 spiro atoms. The molecule has 0 aromatic heterocycles. The number of carbonyl (C=O) groups is 1. The molecule has 0 bridgehead atoms. The molecule has 0 aromatic rings. The number of rotatable bonds is 2. The summed E-state index contributed by atoms with van der Waals surface area (Å²) in [6.07, 6.45) is 13.2. The Morgan fingerprint density at radius 2 is 1.86 bits per heavy atom. The van der Waals surface area contributed by atoms with Gasteiger partial charge in [-0.25, -0.2) is 0 Å². The molecule has 4 aliphatic carbocycles. The summed E-state index contributed by atoms with van der Waals surface area (Å²) in [6.45, 7) is 10.5. The highest BCUT2D eigenvalue weighted by Gasteiger charge is 2.57. The summed E-state index contributed by atoms with van der Waals surface area (Å²) in [5, 5.41) is 3.47. The maximum absolute atomic E-state index is 12.7. The number of nitrogens with one attached hydrogen (secondary N) is 1. The van der Waals surface area contributed by atoms with Crippen molar-refractivity contribution in [2.75, 3.05) is 0 Å². The predicted octanol–water partition coefficient (Wildman–Crippen LogP) is 5.65. The molecule has 4 rings (SSSR count). The summed E-state index contributed by atoms with van der Waals surface area (Å²) in [4.78, 5) is 22.7. The van der Waals surface area contributed by atoms with E-state index in [4.69, 9.17) is 0 Å². The second kappa shape index (κ2) is 7.09. The monoisotopic (exact) mass is 419 g/mol. The van der Waals surface area contributed by atoms with Gasteiger partial charge in [0.25, 0.3) is 0 Å². The second-order valence-electron chi connectivity index (χ2n) is 11.7. The SMILES string of the molecule is CC(C)(C)C(=O)NC1=C[C@]2(C)C3CC[C@]4(C)CCCC4C3CC[C@H]2C=C1[PH](=O)O. The fraction of sp³-hybridized carbons (Fsp3) is 0.792. The van der Waals surface area contributed by atoms with E-state index in [1.807, 2.05) is 26.8 Å². The van der Waals surface area contributed by atoms with E-state index in [0.717, 1.165) is 18.3 Å². The van der Waals surface area contributed by atoms with Gasteiger partial charge in [0.1, 0.15) is 0 Å². The Balaban J connectivity index is 1.70. The van der Waals surface area contributed by atoms with Gasteiger partial charge in [-0.05, 0) is 73.0 Å². The van der Waals surface area contributed by atoms with Crippen LogP contribution < -0.4 is 5.32 Å². The molecule has 0 aromatic carbocycles. The van der Waals surface area contributed by atoms with E-state index < -0.39 is 13.4 Å². The van der Waals surface area contributed by atoms with Crippen molar-refractivity contribution in [3.05, 3.63) is 23.2 Å². The number of amides is 1. The zero-order chi connectivity index (χ0) is 21.2. The molecule has 29 heavy (non-hydrogen) atoms. The van der Waals surface area contributed by atoms with Gasteiger partial charge >= 0.3 is 0 Å². The van der Waals surface area contributed by atoms with Gasteiger partial charge in [-0.2, -0.15) is 0 Å². The Bertz CT molecular complexity index is 794. The Morgan fingerprint density at radius 3 is 2.52 bits per heavy atom. The molecule has 162 valence electrons. The average Bonchev–Trinajstić information content (AvgIpc) is 3.01. The zero-order valence-corrected chi connectivity index (χ0v) is 19.7. The maximum atomic E-state index is 12.7. The van der Waals surface area contributed by atoms with Crippen molar-refractivity contribution in [2.45, 2.75) is 79.6 Å². The Morgan fingerprint density at radius 1 is 1.14 bits per heavy atom. The number of allylic oxidation sites excluding steroid dienone is 3. The van der Waals surface area contributed by atoms with Crippen LogP contribution in [0.2, 0.25) is 0 Å². The zero-order valence-electron chi connectivity index (χ0n) is 18.7. The van der Waals surface area contributed by atoms with Crippen molar-refractivity contribution < 1.29 is 14.3 Å². The summed E-state index contributed by atoms with van der Waals surface area (Å²) in [7, 11) is -2.87. The quantitative estimate of drug-likeness (QED) is 0.569. The fourth-order valence-electron chi connectivity index (χ4n) is 7.17. The summed E-state index contributed by atoms with van der Waals surface area (Å²) in [5.74, 6) is 2.36. The second-order valence-corrected chi connectivity index (χ2v) is 12.8. The van der Waals surface area contributed by atoms with Crippen LogP contribution in [-0.2, 0) is 9.36 Å². The Kier molecular flexibility index (Phi) is 5.23. The highest BCUT2D eigenvalue weighted by Crippen LogP contribution is 2.65. The third-order valence-corrected chi connectivity index (χ3v) is 9.80. The lowest BCUT2D eigenvalue weighted by molar-refractivity contribution is -0.127. The average molecular weight is 420 g/mol. The summed E-state index contributed by atoms with van der Waals surface area (Å²) in [5.41, 5.74) is 0.522. The lowest BCUT2D eigenvalue weighted by atomic mass is 9.47. The van der Waals surface area contributed by atoms with Crippen LogP contribution in [0.1, 0.15) is 79.6 Å². The van der Waals surface area contributed by atoms with E-state index in [0.29, 0.717) is 28.3 Å². The topological polar surface area (TPSA) is 66.4 Å². The molecule has 0 heterocycles. The van der Waals surface area contributed by atoms with Crippen molar-refractivity contribution in [2.24, 2.45) is 39.9 Å². The van der Waals surface area contributed by atoms with Gasteiger partial charge in [-0.1, -0.05) is 53.2 Å². The van der Waals surface area contributed by atoms with Crippen LogP contribution in [0, 0.1) is 39.9 Å². The largest absolute Gasteiger partial charge is 0.343 e. The molecule has 0 aliphatic heterocycles. The van der Waals surface area contributed by atoms with Crippen LogP contribution in [0.25, 0.3) is 0 Å². The van der Waals surface area contributed by atoms with Crippen LogP contribution in [0.3, 0.4) is 0 Å². The molecule has 3 saturated carbocycles. The first-order chi connectivity index (χ1) is 13.5. The predicted molar refractivity (Wildman–Crippen MR) is 117 cm³/mol. The molecule has 3 fully saturated rings. The highest BCUT2D eigenvalue weighted by molar-refractivity contribution is 7.43. The minimum atomic E-state index is -2.87. The summed E-state index contributed by atoms with van der Waals surface area (Å²) in [6, 6.07) is 0. The first-order valence-corrected chi connectivity index (χ1v) is 12.8. The normalized spacial score (nSPS) is 42.7. The van der Waals surface area contributed by atoms with Gasteiger partial charge in [0.15, 0.2) is 0 Å². The summed E-state index contributed by atoms with van der Waals surface area (Å²) < 4.78 is 12.2. The molecule has 0 radical (unpaired) electrons. The van der Waals surface area contributed by atoms with Crippen molar-refractivity contribution in [1.82, 2.24) is 5.32 Å². The van der Waals surface area contributed by atoms with Crippen LogP contribution in [0.15, 0.2) is 23.2 Å². The standard InChI is InChI=1S/C24H38NO3P/c1-22(2,3)21(26)25-19-14-24(5)15(13-20(19)29(27)28)8-9-16-17-7-6-11-23(17,4)12-10-18(16)24/h13-18,29H,6-12H2,1-5H3,(H,25,26)(H,27,28)/t15-,16?,17?,18?,23-,24-/m0/s1. The van der Waals surface area contributed by atoms with E-state index in [9.17, 15) is 14.3 Å². The Hall–Kier alpha value is -0.860. The van der Waals surface area contributed by atoms with E-state index in [1.54, 1.807) is 0 Å².